The number of carbonyl (C=O) groups is 2. The third-order valence-corrected chi connectivity index (χ3v) is 7.04. The fourth-order valence-electron chi connectivity index (χ4n) is 3.10. The number of thioether (sulfide) groups is 1. The van der Waals surface area contributed by atoms with Gasteiger partial charge in [-0.15, -0.1) is 21.5 Å². The predicted molar refractivity (Wildman–Crippen MR) is 132 cm³/mol. The van der Waals surface area contributed by atoms with E-state index >= 15 is 0 Å². The summed E-state index contributed by atoms with van der Waals surface area (Å²) in [6.45, 7) is 6.58. The van der Waals surface area contributed by atoms with Gasteiger partial charge in [-0.25, -0.2) is 4.79 Å². The molecule has 11 heteroatoms. The van der Waals surface area contributed by atoms with Gasteiger partial charge in [0.2, 0.25) is 5.91 Å². The molecule has 2 heterocycles. The molecule has 0 saturated heterocycles. The average Bonchev–Trinajstić information content (AvgIpc) is 3.41. The van der Waals surface area contributed by atoms with Crippen molar-refractivity contribution in [2.24, 2.45) is 0 Å². The fraction of sp³-hybridized carbons (Fsp3) is 0.364. The molecular weight excluding hydrogens is 484 g/mol. The van der Waals surface area contributed by atoms with E-state index in [1.165, 1.54) is 23.1 Å². The number of carbonyl (C=O) groups excluding carboxylic acids is 2. The van der Waals surface area contributed by atoms with E-state index in [0.717, 1.165) is 16.9 Å². The van der Waals surface area contributed by atoms with E-state index in [1.54, 1.807) is 38.3 Å². The molecule has 0 bridgehead atoms. The van der Waals surface area contributed by atoms with Crippen molar-refractivity contribution in [1.82, 2.24) is 14.8 Å². The maximum absolute atomic E-state index is 12.7. The average molecular weight is 509 g/mol. The molecule has 1 N–H and O–H groups in total. The van der Waals surface area contributed by atoms with Crippen LogP contribution >= 0.6 is 34.7 Å². The highest BCUT2D eigenvalue weighted by atomic mass is 35.5. The number of methoxy groups -OCH3 is 1. The van der Waals surface area contributed by atoms with Crippen LogP contribution in [0.15, 0.2) is 29.4 Å². The van der Waals surface area contributed by atoms with Crippen LogP contribution in [0, 0.1) is 0 Å². The number of ether oxygens (including phenoxy) is 2. The van der Waals surface area contributed by atoms with Gasteiger partial charge >= 0.3 is 5.97 Å². The Morgan fingerprint density at radius 3 is 2.67 bits per heavy atom. The summed E-state index contributed by atoms with van der Waals surface area (Å²) < 4.78 is 12.4. The molecule has 2 aromatic heterocycles. The molecule has 0 spiro atoms. The zero-order valence-electron chi connectivity index (χ0n) is 18.8. The molecule has 3 aromatic rings. The van der Waals surface area contributed by atoms with E-state index in [0.29, 0.717) is 38.9 Å². The summed E-state index contributed by atoms with van der Waals surface area (Å²) in [6.07, 6.45) is 0.761. The highest BCUT2D eigenvalue weighted by molar-refractivity contribution is 7.99. The van der Waals surface area contributed by atoms with Crippen LogP contribution < -0.4 is 10.1 Å². The van der Waals surface area contributed by atoms with Gasteiger partial charge in [0.05, 0.1) is 30.6 Å². The Labute approximate surface area is 205 Å². The summed E-state index contributed by atoms with van der Waals surface area (Å²) in [5.41, 5.74) is 1.10. The van der Waals surface area contributed by atoms with Crippen LogP contribution in [0.3, 0.4) is 0 Å². The first kappa shape index (κ1) is 25.1. The molecule has 0 radical (unpaired) electrons. The van der Waals surface area contributed by atoms with Crippen molar-refractivity contribution in [2.45, 2.75) is 38.9 Å². The summed E-state index contributed by atoms with van der Waals surface area (Å²) >= 11 is 8.81. The Morgan fingerprint density at radius 1 is 1.21 bits per heavy atom. The lowest BCUT2D eigenvalue weighted by Crippen LogP contribution is -2.16. The number of amides is 1. The molecule has 176 valence electrons. The highest BCUT2D eigenvalue weighted by Crippen LogP contribution is 2.34. The van der Waals surface area contributed by atoms with Crippen LogP contribution in [0.1, 0.15) is 36.0 Å². The van der Waals surface area contributed by atoms with Crippen LogP contribution in [0.4, 0.5) is 5.00 Å². The van der Waals surface area contributed by atoms with Crippen molar-refractivity contribution in [3.63, 3.8) is 0 Å². The van der Waals surface area contributed by atoms with Crippen molar-refractivity contribution in [3.05, 3.63) is 39.7 Å². The molecule has 3 rings (SSSR count). The molecule has 0 aliphatic carbocycles. The Kier molecular flexibility index (Phi) is 8.76. The zero-order valence-corrected chi connectivity index (χ0v) is 21.2. The first-order valence-corrected chi connectivity index (χ1v) is 12.6. The van der Waals surface area contributed by atoms with E-state index in [2.05, 4.69) is 15.5 Å². The van der Waals surface area contributed by atoms with Gasteiger partial charge in [-0.1, -0.05) is 30.3 Å². The van der Waals surface area contributed by atoms with E-state index in [9.17, 15) is 9.59 Å². The van der Waals surface area contributed by atoms with Crippen molar-refractivity contribution < 1.29 is 19.1 Å². The Morgan fingerprint density at radius 2 is 2.00 bits per heavy atom. The molecule has 0 aliphatic heterocycles. The Balaban J connectivity index is 1.75. The molecule has 0 atom stereocenters. The first-order valence-electron chi connectivity index (χ1n) is 10.4. The number of esters is 1. The predicted octanol–water partition coefficient (Wildman–Crippen LogP) is 5.16. The smallest absolute Gasteiger partial charge is 0.341 e. The maximum atomic E-state index is 12.7. The molecule has 8 nitrogen and oxygen atoms in total. The molecule has 1 amide bonds. The molecular formula is C22H25ClN4O4S2. The number of rotatable bonds is 10. The summed E-state index contributed by atoms with van der Waals surface area (Å²) in [6, 6.07) is 7.06. The van der Waals surface area contributed by atoms with Crippen LogP contribution in [0.5, 0.6) is 5.75 Å². The number of thiophene rings is 1. The van der Waals surface area contributed by atoms with E-state index < -0.39 is 5.97 Å². The van der Waals surface area contributed by atoms with Crippen molar-refractivity contribution in [2.75, 3.05) is 24.8 Å². The summed E-state index contributed by atoms with van der Waals surface area (Å²) in [5.74, 6) is 0.652. The third-order valence-electron chi connectivity index (χ3n) is 4.65. The Hall–Kier alpha value is -2.56. The minimum absolute atomic E-state index is 0.104. The molecule has 1 aromatic carbocycles. The zero-order chi connectivity index (χ0) is 24.0. The number of aromatic nitrogens is 3. The lowest BCUT2D eigenvalue weighted by Gasteiger charge is -2.11. The molecule has 0 unspecified atom stereocenters. The quantitative estimate of drug-likeness (QED) is 0.298. The summed E-state index contributed by atoms with van der Waals surface area (Å²) in [7, 11) is 1.58. The lowest BCUT2D eigenvalue weighted by molar-refractivity contribution is -0.113. The second-order valence-electron chi connectivity index (χ2n) is 6.76. The molecule has 0 fully saturated rings. The second-order valence-corrected chi connectivity index (χ2v) is 9.28. The van der Waals surface area contributed by atoms with Gasteiger partial charge in [0.1, 0.15) is 10.8 Å². The number of aryl methyl sites for hydroxylation is 1. The van der Waals surface area contributed by atoms with Gasteiger partial charge in [0.25, 0.3) is 0 Å². The minimum atomic E-state index is -0.442. The van der Waals surface area contributed by atoms with Gasteiger partial charge < -0.3 is 19.4 Å². The standard InChI is InChI=1S/C22H25ClN4O4S2/c1-5-14-11-16(21(29)31-7-3)20(33-14)24-18(28)12-32-22-26-25-19(27(22)6-2)15-10-13(23)8-9-17(15)30-4/h8-11H,5-7,12H2,1-4H3,(H,24,28). The Bertz CT molecular complexity index is 1150. The second kappa shape index (κ2) is 11.5. The largest absolute Gasteiger partial charge is 0.496 e. The summed E-state index contributed by atoms with van der Waals surface area (Å²) in [4.78, 5) is 25.9. The number of hydrogen-bond acceptors (Lipinski definition) is 8. The van der Waals surface area contributed by atoms with Crippen molar-refractivity contribution in [3.8, 4) is 17.1 Å². The molecule has 0 saturated carbocycles. The normalized spacial score (nSPS) is 10.8. The number of benzene rings is 1. The topological polar surface area (TPSA) is 95.3 Å². The summed E-state index contributed by atoms with van der Waals surface area (Å²) in [5, 5.41) is 13.1. The number of nitrogens with zero attached hydrogens (tertiary/aromatic N) is 3. The van der Waals surface area contributed by atoms with E-state index in [-0.39, 0.29) is 18.3 Å². The van der Waals surface area contributed by atoms with Gasteiger partial charge in [-0.3, -0.25) is 4.79 Å². The van der Waals surface area contributed by atoms with Crippen LogP contribution in [-0.4, -0.2) is 46.1 Å². The van der Waals surface area contributed by atoms with Gasteiger partial charge in [-0.2, -0.15) is 0 Å². The first-order chi connectivity index (χ1) is 15.9. The number of halogens is 1. The fourth-order valence-corrected chi connectivity index (χ4v) is 5.07. The van der Waals surface area contributed by atoms with E-state index in [1.807, 2.05) is 18.4 Å². The number of anilines is 1. The monoisotopic (exact) mass is 508 g/mol. The van der Waals surface area contributed by atoms with Gasteiger partial charge in [-0.05, 0) is 44.5 Å². The SMILES string of the molecule is CCOC(=O)c1cc(CC)sc1NC(=O)CSc1nnc(-c2cc(Cl)ccc2OC)n1CC. The maximum Gasteiger partial charge on any atom is 0.341 e. The third kappa shape index (κ3) is 5.87. The number of hydrogen-bond donors (Lipinski definition) is 1. The number of nitrogens with one attached hydrogen (secondary N) is 1. The highest BCUT2D eigenvalue weighted by Gasteiger charge is 2.21. The van der Waals surface area contributed by atoms with Crippen molar-refractivity contribution >= 4 is 51.6 Å². The van der Waals surface area contributed by atoms with Gasteiger partial charge in [0.15, 0.2) is 11.0 Å². The van der Waals surface area contributed by atoms with Crippen molar-refractivity contribution in [1.29, 1.82) is 0 Å². The molecule has 33 heavy (non-hydrogen) atoms. The van der Waals surface area contributed by atoms with E-state index in [4.69, 9.17) is 21.1 Å². The lowest BCUT2D eigenvalue weighted by atomic mass is 10.2. The van der Waals surface area contributed by atoms with Crippen LogP contribution in [0.2, 0.25) is 5.02 Å². The van der Waals surface area contributed by atoms with Gasteiger partial charge in [0, 0.05) is 16.4 Å². The van der Waals surface area contributed by atoms with Crippen LogP contribution in [-0.2, 0) is 22.5 Å². The van der Waals surface area contributed by atoms with Crippen LogP contribution in [0.25, 0.3) is 11.4 Å². The molecule has 0 aliphatic rings. The minimum Gasteiger partial charge on any atom is -0.496 e.